The van der Waals surface area contributed by atoms with Crippen molar-refractivity contribution >= 4 is 33.9 Å². The van der Waals surface area contributed by atoms with Crippen molar-refractivity contribution in [1.82, 2.24) is 15.5 Å². The topological polar surface area (TPSA) is 37.8 Å². The van der Waals surface area contributed by atoms with Crippen molar-refractivity contribution in [3.05, 3.63) is 53.5 Å². The van der Waals surface area contributed by atoms with Gasteiger partial charge in [0.2, 0.25) is 0 Å². The first-order chi connectivity index (χ1) is 9.86. The van der Waals surface area contributed by atoms with Gasteiger partial charge < -0.3 is 5.32 Å². The fraction of sp³-hybridized carbons (Fsp3) is 0.200. The van der Waals surface area contributed by atoms with Gasteiger partial charge in [0.25, 0.3) is 0 Å². The molecule has 1 heterocycles. The highest BCUT2D eigenvalue weighted by atomic mass is 32.2. The third-order valence-electron chi connectivity index (χ3n) is 3.24. The van der Waals surface area contributed by atoms with Crippen molar-refractivity contribution in [2.45, 2.75) is 10.4 Å². The van der Waals surface area contributed by atoms with Crippen LogP contribution in [-0.4, -0.2) is 23.0 Å². The Bertz CT molecular complexity index is 682. The van der Waals surface area contributed by atoms with Crippen LogP contribution in [0.4, 0.5) is 0 Å². The van der Waals surface area contributed by atoms with E-state index in [0.717, 1.165) is 10.1 Å². The predicted octanol–water partition coefficient (Wildman–Crippen LogP) is 3.74. The Hall–Kier alpha value is -1.43. The molecule has 1 unspecified atom stereocenters. The average Bonchev–Trinajstić information content (AvgIpc) is 3.01. The number of benzene rings is 2. The molecule has 0 saturated heterocycles. The molecule has 3 aromatic rings. The van der Waals surface area contributed by atoms with Crippen molar-refractivity contribution in [3.8, 4) is 0 Å². The second kappa shape index (κ2) is 6.35. The lowest BCUT2D eigenvalue weighted by atomic mass is 10.0. The third kappa shape index (κ3) is 3.00. The molecule has 0 fully saturated rings. The van der Waals surface area contributed by atoms with Crippen molar-refractivity contribution in [3.63, 3.8) is 0 Å². The van der Waals surface area contributed by atoms with Crippen LogP contribution in [0.3, 0.4) is 0 Å². The smallest absolute Gasteiger partial charge is 0.174 e. The van der Waals surface area contributed by atoms with Gasteiger partial charge in [-0.25, -0.2) is 0 Å². The molecule has 0 spiro atoms. The Morgan fingerprint density at radius 1 is 1.20 bits per heavy atom. The second-order valence-electron chi connectivity index (χ2n) is 4.46. The first-order valence-corrected chi connectivity index (χ1v) is 8.28. The zero-order chi connectivity index (χ0) is 13.8. The van der Waals surface area contributed by atoms with Crippen LogP contribution in [0.25, 0.3) is 10.8 Å². The molecule has 102 valence electrons. The summed E-state index contributed by atoms with van der Waals surface area (Å²) in [4.78, 5) is 0. The van der Waals surface area contributed by atoms with Crippen molar-refractivity contribution in [2.75, 3.05) is 12.8 Å². The van der Waals surface area contributed by atoms with Gasteiger partial charge >= 0.3 is 0 Å². The van der Waals surface area contributed by atoms with Gasteiger partial charge in [0.05, 0.1) is 0 Å². The average molecular weight is 301 g/mol. The van der Waals surface area contributed by atoms with Crippen LogP contribution in [0, 0.1) is 0 Å². The van der Waals surface area contributed by atoms with Crippen LogP contribution >= 0.6 is 23.1 Å². The fourth-order valence-electron chi connectivity index (χ4n) is 2.15. The zero-order valence-electron chi connectivity index (χ0n) is 11.1. The van der Waals surface area contributed by atoms with E-state index in [-0.39, 0.29) is 0 Å². The van der Waals surface area contributed by atoms with Gasteiger partial charge in [0.1, 0.15) is 5.51 Å². The van der Waals surface area contributed by atoms with Gasteiger partial charge in [0.15, 0.2) is 4.34 Å². The number of hydrogen-bond acceptors (Lipinski definition) is 5. The van der Waals surface area contributed by atoms with Crippen LogP contribution in [0.5, 0.6) is 0 Å². The van der Waals surface area contributed by atoms with Crippen LogP contribution in [-0.2, 0) is 0 Å². The van der Waals surface area contributed by atoms with Gasteiger partial charge in [-0.3, -0.25) is 0 Å². The summed E-state index contributed by atoms with van der Waals surface area (Å²) in [6, 6.07) is 15.4. The standard InChI is InChI=1S/C15H15N3S2/c1-16-14(9-19-15-18-17-10-20-15)13-7-6-11-4-2-3-5-12(11)8-13/h2-8,10,14,16H,9H2,1H3. The van der Waals surface area contributed by atoms with E-state index in [0.29, 0.717) is 6.04 Å². The van der Waals surface area contributed by atoms with Gasteiger partial charge in [-0.1, -0.05) is 59.5 Å². The lowest BCUT2D eigenvalue weighted by Crippen LogP contribution is -2.18. The summed E-state index contributed by atoms with van der Waals surface area (Å²) in [6.07, 6.45) is 0. The molecule has 3 nitrogen and oxygen atoms in total. The Labute approximate surface area is 126 Å². The minimum Gasteiger partial charge on any atom is -0.312 e. The monoisotopic (exact) mass is 301 g/mol. The minimum absolute atomic E-state index is 0.313. The summed E-state index contributed by atoms with van der Waals surface area (Å²) in [7, 11) is 2.00. The number of fused-ring (bicyclic) bond motifs is 1. The number of thioether (sulfide) groups is 1. The molecule has 5 heteroatoms. The van der Waals surface area contributed by atoms with Gasteiger partial charge in [0, 0.05) is 11.8 Å². The summed E-state index contributed by atoms with van der Waals surface area (Å²) in [5, 5.41) is 13.9. The predicted molar refractivity (Wildman–Crippen MR) is 86.4 cm³/mol. The molecule has 1 atom stereocenters. The largest absolute Gasteiger partial charge is 0.312 e. The maximum Gasteiger partial charge on any atom is 0.174 e. The number of nitrogens with zero attached hydrogens (tertiary/aromatic N) is 2. The Morgan fingerprint density at radius 2 is 2.05 bits per heavy atom. The SMILES string of the molecule is CNC(CSc1nncs1)c1ccc2ccccc2c1. The second-order valence-corrected chi connectivity index (χ2v) is 6.56. The Kier molecular flexibility index (Phi) is 4.30. The molecule has 1 aromatic heterocycles. The number of hydrogen-bond donors (Lipinski definition) is 1. The van der Waals surface area contributed by atoms with Crippen LogP contribution in [0.15, 0.2) is 52.3 Å². The number of rotatable bonds is 5. The summed E-state index contributed by atoms with van der Waals surface area (Å²) in [5.74, 6) is 0.948. The molecule has 1 N–H and O–H groups in total. The molecule has 0 aliphatic heterocycles. The fourth-order valence-corrected chi connectivity index (χ4v) is 3.81. The van der Waals surface area contributed by atoms with E-state index < -0.39 is 0 Å². The summed E-state index contributed by atoms with van der Waals surface area (Å²) in [5.41, 5.74) is 3.08. The van der Waals surface area contributed by atoms with E-state index >= 15 is 0 Å². The van der Waals surface area contributed by atoms with E-state index in [9.17, 15) is 0 Å². The zero-order valence-corrected chi connectivity index (χ0v) is 12.7. The number of nitrogens with one attached hydrogen (secondary N) is 1. The maximum atomic E-state index is 4.07. The van der Waals surface area contributed by atoms with E-state index in [1.54, 1.807) is 28.6 Å². The van der Waals surface area contributed by atoms with Gasteiger partial charge in [-0.15, -0.1) is 10.2 Å². The molecule has 0 radical (unpaired) electrons. The third-order valence-corrected chi connectivity index (χ3v) is 5.19. The molecule has 20 heavy (non-hydrogen) atoms. The summed E-state index contributed by atoms with van der Waals surface area (Å²) >= 11 is 3.33. The van der Waals surface area contributed by atoms with E-state index in [1.165, 1.54) is 16.3 Å². The van der Waals surface area contributed by atoms with Gasteiger partial charge in [-0.05, 0) is 29.4 Å². The molecular weight excluding hydrogens is 286 g/mol. The lowest BCUT2D eigenvalue weighted by Gasteiger charge is -2.16. The summed E-state index contributed by atoms with van der Waals surface area (Å²) < 4.78 is 1.02. The molecule has 0 amide bonds. The van der Waals surface area contributed by atoms with Crippen LogP contribution in [0.1, 0.15) is 11.6 Å². The molecule has 0 saturated carbocycles. The van der Waals surface area contributed by atoms with E-state index in [2.05, 4.69) is 58.0 Å². The molecule has 0 aliphatic rings. The molecule has 2 aromatic carbocycles. The highest BCUT2D eigenvalue weighted by Gasteiger charge is 2.11. The minimum atomic E-state index is 0.313. The van der Waals surface area contributed by atoms with Crippen molar-refractivity contribution in [2.24, 2.45) is 0 Å². The van der Waals surface area contributed by atoms with Crippen LogP contribution in [0.2, 0.25) is 0 Å². The van der Waals surface area contributed by atoms with Gasteiger partial charge in [-0.2, -0.15) is 0 Å². The lowest BCUT2D eigenvalue weighted by molar-refractivity contribution is 0.662. The highest BCUT2D eigenvalue weighted by Crippen LogP contribution is 2.27. The van der Waals surface area contributed by atoms with Crippen molar-refractivity contribution < 1.29 is 0 Å². The van der Waals surface area contributed by atoms with E-state index in [4.69, 9.17) is 0 Å². The Morgan fingerprint density at radius 3 is 2.80 bits per heavy atom. The normalized spacial score (nSPS) is 12.7. The van der Waals surface area contributed by atoms with Crippen LogP contribution < -0.4 is 5.32 Å². The number of aromatic nitrogens is 2. The molecular formula is C15H15N3S2. The highest BCUT2D eigenvalue weighted by molar-refractivity contribution is 8.01. The van der Waals surface area contributed by atoms with Crippen molar-refractivity contribution in [1.29, 1.82) is 0 Å². The Balaban J connectivity index is 1.79. The molecule has 0 aliphatic carbocycles. The maximum absolute atomic E-state index is 4.07. The molecule has 3 rings (SSSR count). The van der Waals surface area contributed by atoms with E-state index in [1.807, 2.05) is 7.05 Å². The summed E-state index contributed by atoms with van der Waals surface area (Å²) in [6.45, 7) is 0. The molecule has 0 bridgehead atoms. The first kappa shape index (κ1) is 13.5. The quantitative estimate of drug-likeness (QED) is 0.728. The first-order valence-electron chi connectivity index (χ1n) is 6.42.